The van der Waals surface area contributed by atoms with Crippen LogP contribution in [0.15, 0.2) is 28.4 Å². The molecule has 2 N–H and O–H groups in total. The molecule has 2 saturated heterocycles. The number of carboxylic acids is 1. The van der Waals surface area contributed by atoms with E-state index in [-0.39, 0.29) is 12.3 Å². The number of carbonyl (C=O) groups excluding carboxylic acids is 1. The number of amides is 1. The fourth-order valence-electron chi connectivity index (χ4n) is 2.87. The van der Waals surface area contributed by atoms with E-state index < -0.39 is 11.2 Å². The first kappa shape index (κ1) is 17.5. The van der Waals surface area contributed by atoms with Crippen LogP contribution >= 0.6 is 11.8 Å². The van der Waals surface area contributed by atoms with Gasteiger partial charge in [0, 0.05) is 18.8 Å². The summed E-state index contributed by atoms with van der Waals surface area (Å²) >= 11 is 1.09. The highest BCUT2D eigenvalue weighted by atomic mass is 32.2. The van der Waals surface area contributed by atoms with Crippen LogP contribution in [0.5, 0.6) is 0 Å². The molecular weight excluding hydrogens is 340 g/mol. The van der Waals surface area contributed by atoms with Crippen molar-refractivity contribution in [2.75, 3.05) is 18.0 Å². The highest BCUT2D eigenvalue weighted by molar-refractivity contribution is 8.15. The number of hydrogen-bond acceptors (Lipinski definition) is 6. The third kappa shape index (κ3) is 4.39. The smallest absolute Gasteiger partial charge is 0.305 e. The van der Waals surface area contributed by atoms with Gasteiger partial charge in [-0.3, -0.25) is 9.59 Å². The zero-order valence-electron chi connectivity index (χ0n) is 13.9. The van der Waals surface area contributed by atoms with Crippen molar-refractivity contribution in [2.24, 2.45) is 10.2 Å². The Morgan fingerprint density at radius 3 is 2.88 bits per heavy atom. The van der Waals surface area contributed by atoms with Crippen LogP contribution in [0.4, 0.5) is 5.69 Å². The molecule has 7 nitrogen and oxygen atoms in total. The quantitative estimate of drug-likeness (QED) is 0.619. The molecule has 2 aliphatic heterocycles. The van der Waals surface area contributed by atoms with Gasteiger partial charge in [-0.15, -0.1) is 5.10 Å². The molecule has 2 heterocycles. The lowest BCUT2D eigenvalue weighted by molar-refractivity contribution is -0.138. The maximum atomic E-state index is 11.6. The van der Waals surface area contributed by atoms with Gasteiger partial charge in [-0.1, -0.05) is 17.8 Å². The number of nitrogens with zero attached hydrogens (tertiary/aromatic N) is 3. The summed E-state index contributed by atoms with van der Waals surface area (Å²) in [5.74, 6) is -1.35. The molecule has 0 spiro atoms. The van der Waals surface area contributed by atoms with E-state index in [1.165, 1.54) is 18.5 Å². The SMILES string of the molecule is Cc1cc(N2CCCC2)ccc1C=NN=C1NC(=O)C(CC(=O)O)S1. The molecule has 0 aliphatic carbocycles. The Morgan fingerprint density at radius 2 is 2.20 bits per heavy atom. The minimum atomic E-state index is -1.01. The molecule has 1 aromatic rings. The molecule has 25 heavy (non-hydrogen) atoms. The number of carbonyl (C=O) groups is 2. The van der Waals surface area contributed by atoms with E-state index in [0.717, 1.165) is 36.0 Å². The second-order valence-electron chi connectivity index (χ2n) is 6.08. The molecule has 0 radical (unpaired) electrons. The summed E-state index contributed by atoms with van der Waals surface area (Å²) in [6, 6.07) is 6.25. The van der Waals surface area contributed by atoms with Crippen LogP contribution < -0.4 is 10.2 Å². The van der Waals surface area contributed by atoms with Crippen molar-refractivity contribution in [3.05, 3.63) is 29.3 Å². The van der Waals surface area contributed by atoms with Crippen molar-refractivity contribution in [2.45, 2.75) is 31.4 Å². The summed E-state index contributed by atoms with van der Waals surface area (Å²) in [4.78, 5) is 24.7. The maximum absolute atomic E-state index is 11.6. The molecule has 1 amide bonds. The summed E-state index contributed by atoms with van der Waals surface area (Å²) in [6.45, 7) is 4.24. The van der Waals surface area contributed by atoms with Crippen LogP contribution in [0.25, 0.3) is 0 Å². The number of aryl methyl sites for hydroxylation is 1. The molecular formula is C17H20N4O3S. The molecule has 1 atom stereocenters. The van der Waals surface area contributed by atoms with Crippen molar-refractivity contribution >= 4 is 40.7 Å². The number of anilines is 1. The lowest BCUT2D eigenvalue weighted by Crippen LogP contribution is -2.26. The normalized spacial score (nSPS) is 22.1. The number of amidine groups is 1. The first-order valence-electron chi connectivity index (χ1n) is 8.19. The minimum Gasteiger partial charge on any atom is -0.481 e. The van der Waals surface area contributed by atoms with Gasteiger partial charge in [0.25, 0.3) is 0 Å². The van der Waals surface area contributed by atoms with Gasteiger partial charge < -0.3 is 15.3 Å². The average molecular weight is 360 g/mol. The number of rotatable bonds is 5. The third-order valence-corrected chi connectivity index (χ3v) is 5.28. The zero-order chi connectivity index (χ0) is 17.8. The summed E-state index contributed by atoms with van der Waals surface area (Å²) in [5.41, 5.74) is 3.30. The molecule has 0 bridgehead atoms. The van der Waals surface area contributed by atoms with Gasteiger partial charge in [0.05, 0.1) is 12.6 Å². The zero-order valence-corrected chi connectivity index (χ0v) is 14.8. The number of benzene rings is 1. The molecule has 0 saturated carbocycles. The largest absolute Gasteiger partial charge is 0.481 e. The number of carboxylic acid groups (broad SMARTS) is 1. The van der Waals surface area contributed by atoms with Crippen molar-refractivity contribution in [3.63, 3.8) is 0 Å². The van der Waals surface area contributed by atoms with E-state index in [4.69, 9.17) is 5.11 Å². The topological polar surface area (TPSA) is 94.4 Å². The van der Waals surface area contributed by atoms with Gasteiger partial charge >= 0.3 is 5.97 Å². The van der Waals surface area contributed by atoms with Crippen LogP contribution in [-0.2, 0) is 9.59 Å². The van der Waals surface area contributed by atoms with Crippen molar-refractivity contribution < 1.29 is 14.7 Å². The highest BCUT2D eigenvalue weighted by Crippen LogP contribution is 2.23. The Balaban J connectivity index is 1.64. The van der Waals surface area contributed by atoms with E-state index in [2.05, 4.69) is 32.6 Å². The standard InChI is InChI=1S/C17H20N4O3S/c1-11-8-13(21-6-2-3-7-21)5-4-12(11)10-18-20-17-19-16(24)14(25-17)9-15(22)23/h4-5,8,10,14H,2-3,6-7,9H2,1H3,(H,22,23)(H,19,20,24). The first-order chi connectivity index (χ1) is 12.0. The van der Waals surface area contributed by atoms with Crippen molar-refractivity contribution in [1.82, 2.24) is 5.32 Å². The monoisotopic (exact) mass is 360 g/mol. The van der Waals surface area contributed by atoms with E-state index in [1.54, 1.807) is 6.21 Å². The number of aliphatic carboxylic acids is 1. The number of hydrogen-bond donors (Lipinski definition) is 2. The van der Waals surface area contributed by atoms with Gasteiger partial charge in [-0.2, -0.15) is 5.10 Å². The second-order valence-corrected chi connectivity index (χ2v) is 7.27. The summed E-state index contributed by atoms with van der Waals surface area (Å²) < 4.78 is 0. The van der Waals surface area contributed by atoms with Gasteiger partial charge in [0.2, 0.25) is 5.91 Å². The molecule has 2 aliphatic rings. The Kier molecular flexibility index (Phi) is 5.37. The van der Waals surface area contributed by atoms with Crippen molar-refractivity contribution in [3.8, 4) is 0 Å². The molecule has 1 aromatic carbocycles. The molecule has 8 heteroatoms. The van der Waals surface area contributed by atoms with Gasteiger partial charge in [-0.05, 0) is 43.0 Å². The third-order valence-electron chi connectivity index (χ3n) is 4.21. The van der Waals surface area contributed by atoms with Crippen LogP contribution in [-0.4, -0.2) is 46.7 Å². The number of thioether (sulfide) groups is 1. The van der Waals surface area contributed by atoms with Crippen LogP contribution in [0.1, 0.15) is 30.4 Å². The predicted octanol–water partition coefficient (Wildman–Crippen LogP) is 1.99. The molecule has 132 valence electrons. The summed E-state index contributed by atoms with van der Waals surface area (Å²) in [6.07, 6.45) is 3.90. The van der Waals surface area contributed by atoms with E-state index in [1.807, 2.05) is 13.0 Å². The van der Waals surface area contributed by atoms with E-state index in [0.29, 0.717) is 5.17 Å². The first-order valence-corrected chi connectivity index (χ1v) is 9.07. The lowest BCUT2D eigenvalue weighted by Gasteiger charge is -2.18. The highest BCUT2D eigenvalue weighted by Gasteiger charge is 2.32. The Hall–Kier alpha value is -2.35. The molecule has 0 aromatic heterocycles. The Morgan fingerprint density at radius 1 is 1.44 bits per heavy atom. The Bertz CT molecular complexity index is 741. The average Bonchev–Trinajstić information content (AvgIpc) is 3.19. The molecule has 3 rings (SSSR count). The van der Waals surface area contributed by atoms with E-state index in [9.17, 15) is 9.59 Å². The lowest BCUT2D eigenvalue weighted by atomic mass is 10.1. The van der Waals surface area contributed by atoms with Gasteiger partial charge in [0.15, 0.2) is 5.17 Å². The predicted molar refractivity (Wildman–Crippen MR) is 99.4 cm³/mol. The van der Waals surface area contributed by atoms with Crippen molar-refractivity contribution in [1.29, 1.82) is 0 Å². The van der Waals surface area contributed by atoms with Crippen LogP contribution in [0.3, 0.4) is 0 Å². The number of nitrogens with one attached hydrogen (secondary N) is 1. The summed E-state index contributed by atoms with van der Waals surface area (Å²) in [5, 5.41) is 19.0. The fourth-order valence-corrected chi connectivity index (χ4v) is 3.78. The van der Waals surface area contributed by atoms with Gasteiger partial charge in [-0.25, -0.2) is 0 Å². The molecule has 1 unspecified atom stereocenters. The van der Waals surface area contributed by atoms with Crippen LogP contribution in [0.2, 0.25) is 0 Å². The van der Waals surface area contributed by atoms with E-state index >= 15 is 0 Å². The van der Waals surface area contributed by atoms with Crippen LogP contribution in [0, 0.1) is 6.92 Å². The fraction of sp³-hybridized carbons (Fsp3) is 0.412. The second kappa shape index (κ2) is 7.69. The minimum absolute atomic E-state index is 0.226. The van der Waals surface area contributed by atoms with Gasteiger partial charge in [0.1, 0.15) is 5.25 Å². The summed E-state index contributed by atoms with van der Waals surface area (Å²) in [7, 11) is 0. The molecule has 2 fully saturated rings. The maximum Gasteiger partial charge on any atom is 0.305 e. The Labute approximate surface area is 150 Å².